The van der Waals surface area contributed by atoms with Gasteiger partial charge in [-0.05, 0) is 30.7 Å². The minimum Gasteiger partial charge on any atom is -0.479 e. The van der Waals surface area contributed by atoms with E-state index in [4.69, 9.17) is 9.84 Å². The minimum atomic E-state index is -1.05. The van der Waals surface area contributed by atoms with Crippen LogP contribution in [-0.4, -0.2) is 47.8 Å². The van der Waals surface area contributed by atoms with Crippen molar-refractivity contribution in [2.24, 2.45) is 0 Å². The van der Waals surface area contributed by atoms with Crippen LogP contribution in [0, 0.1) is 6.92 Å². The highest BCUT2D eigenvalue weighted by Crippen LogP contribution is 2.20. The van der Waals surface area contributed by atoms with Gasteiger partial charge >= 0.3 is 12.0 Å². The molecule has 6 nitrogen and oxygen atoms in total. The van der Waals surface area contributed by atoms with Gasteiger partial charge in [0, 0.05) is 16.7 Å². The van der Waals surface area contributed by atoms with Crippen molar-refractivity contribution in [2.45, 2.75) is 13.0 Å². The Morgan fingerprint density at radius 3 is 2.90 bits per heavy atom. The van der Waals surface area contributed by atoms with E-state index >= 15 is 0 Å². The third kappa shape index (κ3) is 3.49. The standard InChI is InChI=1S/C13H15BrN2O4/c1-8-6-9(2-3-10(8)14)15-13(19)16-4-5-20-11(7-16)12(17)18/h2-3,6,11H,4-5,7H2,1H3,(H,15,19)(H,17,18). The lowest BCUT2D eigenvalue weighted by atomic mass is 10.2. The number of morpholine rings is 1. The summed E-state index contributed by atoms with van der Waals surface area (Å²) in [5.41, 5.74) is 1.68. The predicted octanol–water partition coefficient (Wildman–Crippen LogP) is 2.07. The zero-order chi connectivity index (χ0) is 14.7. The molecule has 0 bridgehead atoms. The summed E-state index contributed by atoms with van der Waals surface area (Å²) in [5, 5.41) is 11.7. The Balaban J connectivity index is 2.00. The van der Waals surface area contributed by atoms with E-state index in [-0.39, 0.29) is 19.2 Å². The summed E-state index contributed by atoms with van der Waals surface area (Å²) in [7, 11) is 0. The fraction of sp³-hybridized carbons (Fsp3) is 0.385. The van der Waals surface area contributed by atoms with Gasteiger partial charge in [-0.15, -0.1) is 0 Å². The third-order valence-corrected chi connectivity index (χ3v) is 3.93. The number of aryl methyl sites for hydroxylation is 1. The monoisotopic (exact) mass is 342 g/mol. The molecule has 7 heteroatoms. The lowest BCUT2D eigenvalue weighted by Gasteiger charge is -2.30. The molecule has 2 amide bonds. The van der Waals surface area contributed by atoms with E-state index in [0.717, 1.165) is 10.0 Å². The molecule has 108 valence electrons. The summed E-state index contributed by atoms with van der Waals surface area (Å²) in [4.78, 5) is 24.4. The summed E-state index contributed by atoms with van der Waals surface area (Å²) in [5.74, 6) is -1.05. The fourth-order valence-electron chi connectivity index (χ4n) is 1.91. The third-order valence-electron chi connectivity index (χ3n) is 3.04. The van der Waals surface area contributed by atoms with Crippen LogP contribution >= 0.6 is 15.9 Å². The smallest absolute Gasteiger partial charge is 0.334 e. The zero-order valence-corrected chi connectivity index (χ0v) is 12.5. The average molecular weight is 343 g/mol. The topological polar surface area (TPSA) is 78.9 Å². The van der Waals surface area contributed by atoms with E-state index in [0.29, 0.717) is 12.2 Å². The molecule has 0 aliphatic carbocycles. The normalized spacial score (nSPS) is 18.7. The van der Waals surface area contributed by atoms with Gasteiger partial charge in [0.1, 0.15) is 0 Å². The molecule has 0 spiro atoms. The second kappa shape index (κ2) is 6.23. The van der Waals surface area contributed by atoms with Crippen LogP contribution in [0.5, 0.6) is 0 Å². The summed E-state index contributed by atoms with van der Waals surface area (Å²) in [6.07, 6.45) is -0.957. The number of ether oxygens (including phenoxy) is 1. The fourth-order valence-corrected chi connectivity index (χ4v) is 2.15. The second-order valence-electron chi connectivity index (χ2n) is 4.54. The average Bonchev–Trinajstić information content (AvgIpc) is 2.43. The number of carbonyl (C=O) groups excluding carboxylic acids is 1. The first-order valence-corrected chi connectivity index (χ1v) is 6.93. The number of aliphatic carboxylic acids is 1. The van der Waals surface area contributed by atoms with Crippen molar-refractivity contribution in [1.82, 2.24) is 4.90 Å². The van der Waals surface area contributed by atoms with Gasteiger partial charge in [-0.2, -0.15) is 0 Å². The number of nitrogens with one attached hydrogen (secondary N) is 1. The molecular formula is C13H15BrN2O4. The quantitative estimate of drug-likeness (QED) is 0.862. The van der Waals surface area contributed by atoms with Crippen LogP contribution in [0.15, 0.2) is 22.7 Å². The molecule has 2 rings (SSSR count). The van der Waals surface area contributed by atoms with E-state index < -0.39 is 12.1 Å². The van der Waals surface area contributed by atoms with Crippen molar-refractivity contribution in [2.75, 3.05) is 25.0 Å². The van der Waals surface area contributed by atoms with Crippen molar-refractivity contribution in [3.8, 4) is 0 Å². The van der Waals surface area contributed by atoms with Gasteiger partial charge in [0.15, 0.2) is 6.10 Å². The SMILES string of the molecule is Cc1cc(NC(=O)N2CCOC(C(=O)O)C2)ccc1Br. The van der Waals surface area contributed by atoms with Gasteiger partial charge in [0.25, 0.3) is 0 Å². The molecule has 1 aliphatic rings. The highest BCUT2D eigenvalue weighted by atomic mass is 79.9. The highest BCUT2D eigenvalue weighted by molar-refractivity contribution is 9.10. The molecule has 2 N–H and O–H groups in total. The van der Waals surface area contributed by atoms with Gasteiger partial charge < -0.3 is 20.1 Å². The molecule has 0 saturated carbocycles. The Labute approximate surface area is 124 Å². The maximum atomic E-state index is 12.1. The molecule has 1 unspecified atom stereocenters. The highest BCUT2D eigenvalue weighted by Gasteiger charge is 2.28. The number of halogens is 1. The lowest BCUT2D eigenvalue weighted by molar-refractivity contribution is -0.154. The van der Waals surface area contributed by atoms with Crippen molar-refractivity contribution in [3.05, 3.63) is 28.2 Å². The van der Waals surface area contributed by atoms with E-state index in [2.05, 4.69) is 21.2 Å². The number of amides is 2. The Morgan fingerprint density at radius 2 is 2.25 bits per heavy atom. The first kappa shape index (κ1) is 14.8. The zero-order valence-electron chi connectivity index (χ0n) is 10.9. The molecular weight excluding hydrogens is 328 g/mol. The second-order valence-corrected chi connectivity index (χ2v) is 5.39. The Morgan fingerprint density at radius 1 is 1.50 bits per heavy atom. The molecule has 20 heavy (non-hydrogen) atoms. The number of carbonyl (C=O) groups is 2. The molecule has 0 aromatic heterocycles. The van der Waals surface area contributed by atoms with Gasteiger partial charge in [-0.1, -0.05) is 15.9 Å². The van der Waals surface area contributed by atoms with Crippen molar-refractivity contribution in [3.63, 3.8) is 0 Å². The number of anilines is 1. The summed E-state index contributed by atoms with van der Waals surface area (Å²) in [6.45, 7) is 2.58. The molecule has 0 radical (unpaired) electrons. The molecule has 1 heterocycles. The first-order valence-electron chi connectivity index (χ1n) is 6.14. The molecule has 1 aromatic rings. The first-order chi connectivity index (χ1) is 9.47. The lowest BCUT2D eigenvalue weighted by Crippen LogP contribution is -2.49. The Kier molecular flexibility index (Phi) is 4.61. The number of carboxylic acid groups (broad SMARTS) is 1. The van der Waals surface area contributed by atoms with Gasteiger partial charge in [-0.3, -0.25) is 0 Å². The van der Waals surface area contributed by atoms with E-state index in [9.17, 15) is 9.59 Å². The summed E-state index contributed by atoms with van der Waals surface area (Å²) in [6, 6.07) is 5.16. The molecule has 1 saturated heterocycles. The minimum absolute atomic E-state index is 0.0523. The summed E-state index contributed by atoms with van der Waals surface area (Å²) >= 11 is 3.39. The van der Waals surface area contributed by atoms with Gasteiger partial charge in [-0.25, -0.2) is 9.59 Å². The predicted molar refractivity (Wildman–Crippen MR) is 76.8 cm³/mol. The number of hydrogen-bond donors (Lipinski definition) is 2. The molecule has 1 aromatic carbocycles. The molecule has 1 atom stereocenters. The van der Waals surface area contributed by atoms with Crippen LogP contribution in [0.3, 0.4) is 0 Å². The maximum absolute atomic E-state index is 12.1. The van der Waals surface area contributed by atoms with Gasteiger partial charge in [0.2, 0.25) is 0 Å². The molecule has 1 aliphatic heterocycles. The number of rotatable bonds is 2. The number of hydrogen-bond acceptors (Lipinski definition) is 3. The number of carboxylic acids is 1. The summed E-state index contributed by atoms with van der Waals surface area (Å²) < 4.78 is 6.04. The Hall–Kier alpha value is -1.60. The van der Waals surface area contributed by atoms with Crippen molar-refractivity contribution < 1.29 is 19.4 Å². The van der Waals surface area contributed by atoms with Crippen LogP contribution in [-0.2, 0) is 9.53 Å². The largest absolute Gasteiger partial charge is 0.479 e. The van der Waals surface area contributed by atoms with Crippen LogP contribution in [0.2, 0.25) is 0 Å². The van der Waals surface area contributed by atoms with Crippen LogP contribution in [0.4, 0.5) is 10.5 Å². The van der Waals surface area contributed by atoms with Crippen LogP contribution < -0.4 is 5.32 Å². The maximum Gasteiger partial charge on any atom is 0.334 e. The van der Waals surface area contributed by atoms with E-state index in [1.807, 2.05) is 19.1 Å². The van der Waals surface area contributed by atoms with Gasteiger partial charge in [0.05, 0.1) is 13.2 Å². The van der Waals surface area contributed by atoms with E-state index in [1.54, 1.807) is 6.07 Å². The molecule has 1 fully saturated rings. The van der Waals surface area contributed by atoms with Crippen molar-refractivity contribution in [1.29, 1.82) is 0 Å². The number of benzene rings is 1. The van der Waals surface area contributed by atoms with E-state index in [1.165, 1.54) is 4.90 Å². The number of urea groups is 1. The van der Waals surface area contributed by atoms with Crippen LogP contribution in [0.1, 0.15) is 5.56 Å². The van der Waals surface area contributed by atoms with Crippen LogP contribution in [0.25, 0.3) is 0 Å². The Bertz CT molecular complexity index is 535. The number of nitrogens with zero attached hydrogens (tertiary/aromatic N) is 1. The van der Waals surface area contributed by atoms with Crippen molar-refractivity contribution >= 4 is 33.6 Å².